The Kier molecular flexibility index (Phi) is 5.47. The minimum absolute atomic E-state index is 0.0575. The summed E-state index contributed by atoms with van der Waals surface area (Å²) < 4.78 is 27.8. The average molecular weight is 291 g/mol. The van der Waals surface area contributed by atoms with Crippen molar-refractivity contribution in [3.63, 3.8) is 0 Å². The number of rotatable bonds is 6. The van der Waals surface area contributed by atoms with E-state index in [1.54, 1.807) is 0 Å². The zero-order valence-electron chi connectivity index (χ0n) is 10.9. The van der Waals surface area contributed by atoms with Gasteiger partial charge in [0.25, 0.3) is 0 Å². The summed E-state index contributed by atoms with van der Waals surface area (Å²) in [6.45, 7) is 6.28. The van der Waals surface area contributed by atoms with E-state index in [-0.39, 0.29) is 17.6 Å². The van der Waals surface area contributed by atoms with Gasteiger partial charge >= 0.3 is 0 Å². The molecule has 0 spiro atoms. The highest BCUT2D eigenvalue weighted by Crippen LogP contribution is 2.19. The fraction of sp³-hybridized carbons (Fsp3) is 0.538. The van der Waals surface area contributed by atoms with Gasteiger partial charge in [-0.1, -0.05) is 31.5 Å². The topological polar surface area (TPSA) is 43.4 Å². The summed E-state index contributed by atoms with van der Waals surface area (Å²) in [5, 5.41) is 0. The van der Waals surface area contributed by atoms with Crippen molar-refractivity contribution >= 4 is 19.7 Å². The molecule has 1 aromatic carbocycles. The van der Waals surface area contributed by atoms with Crippen LogP contribution < -0.4 is 4.74 Å². The highest BCUT2D eigenvalue weighted by molar-refractivity contribution is 8.13. The first-order valence-corrected chi connectivity index (χ1v) is 8.37. The second-order valence-electron chi connectivity index (χ2n) is 4.83. The van der Waals surface area contributed by atoms with Gasteiger partial charge in [-0.2, -0.15) is 0 Å². The number of benzene rings is 1. The standard InChI is InChI=1S/C13H19ClO3S/c1-10(2)12(9-18(14,15)16)8-17-13-6-4-11(3)5-7-13/h4-7,10,12H,8-9H2,1-3H3. The van der Waals surface area contributed by atoms with Crippen LogP contribution in [-0.2, 0) is 9.05 Å². The zero-order chi connectivity index (χ0) is 13.8. The molecule has 18 heavy (non-hydrogen) atoms. The van der Waals surface area contributed by atoms with Gasteiger partial charge in [-0.3, -0.25) is 0 Å². The van der Waals surface area contributed by atoms with Gasteiger partial charge in [0.1, 0.15) is 5.75 Å². The van der Waals surface area contributed by atoms with Crippen molar-refractivity contribution in [1.29, 1.82) is 0 Å². The number of hydrogen-bond acceptors (Lipinski definition) is 3. The fourth-order valence-electron chi connectivity index (χ4n) is 1.53. The number of aryl methyl sites for hydroxylation is 1. The number of ether oxygens (including phenoxy) is 1. The van der Waals surface area contributed by atoms with Gasteiger partial charge in [0.15, 0.2) is 0 Å². The van der Waals surface area contributed by atoms with E-state index in [4.69, 9.17) is 15.4 Å². The molecule has 0 saturated carbocycles. The van der Waals surface area contributed by atoms with Crippen molar-refractivity contribution in [1.82, 2.24) is 0 Å². The molecular weight excluding hydrogens is 272 g/mol. The number of halogens is 1. The molecule has 0 aliphatic heterocycles. The lowest BCUT2D eigenvalue weighted by Crippen LogP contribution is -2.24. The van der Waals surface area contributed by atoms with Gasteiger partial charge in [-0.25, -0.2) is 8.42 Å². The molecule has 0 N–H and O–H groups in total. The molecule has 0 aromatic heterocycles. The molecule has 0 fully saturated rings. The Labute approximate surface area is 114 Å². The first kappa shape index (κ1) is 15.3. The molecule has 0 heterocycles. The molecule has 1 rings (SSSR count). The van der Waals surface area contributed by atoms with E-state index < -0.39 is 9.05 Å². The Morgan fingerprint density at radius 2 is 1.78 bits per heavy atom. The van der Waals surface area contributed by atoms with Crippen molar-refractivity contribution < 1.29 is 13.2 Å². The smallest absolute Gasteiger partial charge is 0.233 e. The highest BCUT2D eigenvalue weighted by Gasteiger charge is 2.21. The third-order valence-electron chi connectivity index (χ3n) is 2.84. The van der Waals surface area contributed by atoms with Gasteiger partial charge in [0, 0.05) is 16.6 Å². The summed E-state index contributed by atoms with van der Waals surface area (Å²) in [5.41, 5.74) is 1.16. The number of hydrogen-bond donors (Lipinski definition) is 0. The largest absolute Gasteiger partial charge is 0.493 e. The van der Waals surface area contributed by atoms with Crippen molar-refractivity contribution in [3.8, 4) is 5.75 Å². The summed E-state index contributed by atoms with van der Waals surface area (Å²) in [6.07, 6.45) is 0. The molecule has 0 saturated heterocycles. The van der Waals surface area contributed by atoms with Crippen molar-refractivity contribution in [2.45, 2.75) is 20.8 Å². The first-order valence-electron chi connectivity index (χ1n) is 5.90. The molecule has 5 heteroatoms. The monoisotopic (exact) mass is 290 g/mol. The van der Waals surface area contributed by atoms with Gasteiger partial charge in [0.2, 0.25) is 9.05 Å². The van der Waals surface area contributed by atoms with Gasteiger partial charge < -0.3 is 4.74 Å². The minimum Gasteiger partial charge on any atom is -0.493 e. The predicted molar refractivity (Wildman–Crippen MR) is 74.6 cm³/mol. The SMILES string of the molecule is Cc1ccc(OCC(CS(=O)(=O)Cl)C(C)C)cc1. The van der Waals surface area contributed by atoms with Crippen LogP contribution in [0.2, 0.25) is 0 Å². The second-order valence-corrected chi connectivity index (χ2v) is 7.66. The minimum atomic E-state index is -3.49. The van der Waals surface area contributed by atoms with Crippen molar-refractivity contribution in [2.75, 3.05) is 12.4 Å². The van der Waals surface area contributed by atoms with Crippen LogP contribution in [0.3, 0.4) is 0 Å². The first-order chi connectivity index (χ1) is 8.28. The third-order valence-corrected chi connectivity index (χ3v) is 4.05. The van der Waals surface area contributed by atoms with Gasteiger partial charge in [0.05, 0.1) is 12.4 Å². The van der Waals surface area contributed by atoms with Crippen LogP contribution in [-0.4, -0.2) is 20.8 Å². The normalized spacial score (nSPS) is 13.6. The summed E-state index contributed by atoms with van der Waals surface area (Å²) in [6, 6.07) is 7.67. The molecule has 0 aliphatic carbocycles. The van der Waals surface area contributed by atoms with Crippen LogP contribution in [0.1, 0.15) is 19.4 Å². The predicted octanol–water partition coefficient (Wildman–Crippen LogP) is 3.21. The van der Waals surface area contributed by atoms with E-state index >= 15 is 0 Å². The summed E-state index contributed by atoms with van der Waals surface area (Å²) in [7, 11) is 1.80. The summed E-state index contributed by atoms with van der Waals surface area (Å²) in [4.78, 5) is 0. The van der Waals surface area contributed by atoms with Crippen LogP contribution in [0.15, 0.2) is 24.3 Å². The van der Waals surface area contributed by atoms with E-state index in [2.05, 4.69) is 0 Å². The summed E-state index contributed by atoms with van der Waals surface area (Å²) >= 11 is 0. The quantitative estimate of drug-likeness (QED) is 0.756. The molecule has 0 bridgehead atoms. The molecule has 1 atom stereocenters. The van der Waals surface area contributed by atoms with E-state index in [1.807, 2.05) is 45.0 Å². The van der Waals surface area contributed by atoms with Crippen LogP contribution >= 0.6 is 10.7 Å². The Balaban J connectivity index is 2.60. The van der Waals surface area contributed by atoms with Crippen molar-refractivity contribution in [2.24, 2.45) is 11.8 Å². The lowest BCUT2D eigenvalue weighted by Gasteiger charge is -2.19. The Bertz CT molecular complexity index is 466. The lowest BCUT2D eigenvalue weighted by molar-refractivity contribution is 0.225. The Morgan fingerprint density at radius 3 is 2.22 bits per heavy atom. The average Bonchev–Trinajstić information content (AvgIpc) is 2.24. The molecule has 0 radical (unpaired) electrons. The highest BCUT2D eigenvalue weighted by atomic mass is 35.7. The molecule has 1 aromatic rings. The van der Waals surface area contributed by atoms with E-state index in [9.17, 15) is 8.42 Å². The summed E-state index contributed by atoms with van der Waals surface area (Å²) in [5.74, 6) is 0.786. The van der Waals surface area contributed by atoms with Gasteiger partial charge in [-0.15, -0.1) is 0 Å². The molecule has 3 nitrogen and oxygen atoms in total. The zero-order valence-corrected chi connectivity index (χ0v) is 12.5. The van der Waals surface area contributed by atoms with Crippen LogP contribution in [0.5, 0.6) is 5.75 Å². The Morgan fingerprint density at radius 1 is 1.22 bits per heavy atom. The van der Waals surface area contributed by atoms with Crippen LogP contribution in [0.4, 0.5) is 0 Å². The van der Waals surface area contributed by atoms with Crippen LogP contribution in [0.25, 0.3) is 0 Å². The maximum Gasteiger partial charge on any atom is 0.233 e. The van der Waals surface area contributed by atoms with Crippen LogP contribution in [0, 0.1) is 18.8 Å². The Hall–Kier alpha value is -0.740. The fourth-order valence-corrected chi connectivity index (χ4v) is 3.00. The van der Waals surface area contributed by atoms with E-state index in [0.29, 0.717) is 6.61 Å². The third kappa shape index (κ3) is 5.74. The maximum absolute atomic E-state index is 11.1. The van der Waals surface area contributed by atoms with E-state index in [1.165, 1.54) is 0 Å². The van der Waals surface area contributed by atoms with Gasteiger partial charge in [-0.05, 0) is 25.0 Å². The molecule has 0 aliphatic rings. The molecule has 0 amide bonds. The van der Waals surface area contributed by atoms with E-state index in [0.717, 1.165) is 11.3 Å². The molecule has 1 unspecified atom stereocenters. The second kappa shape index (κ2) is 6.43. The maximum atomic E-state index is 11.1. The van der Waals surface area contributed by atoms with Crippen molar-refractivity contribution in [3.05, 3.63) is 29.8 Å². The lowest BCUT2D eigenvalue weighted by atomic mass is 9.99. The molecule has 102 valence electrons. The molecular formula is C13H19ClO3S.